The fourth-order valence-corrected chi connectivity index (χ4v) is 2.56. The molecule has 0 aromatic heterocycles. The van der Waals surface area contributed by atoms with Crippen LogP contribution in [-0.4, -0.2) is 36.9 Å². The molecule has 0 fully saturated rings. The summed E-state index contributed by atoms with van der Waals surface area (Å²) in [5.74, 6) is -0.700. The number of hydrogen-bond acceptors (Lipinski definition) is 6. The number of nitro benzene ring substituents is 1. The Balaban J connectivity index is 1.83. The van der Waals surface area contributed by atoms with Crippen molar-refractivity contribution in [3.63, 3.8) is 0 Å². The number of non-ortho nitro benzene ring substituents is 1. The van der Waals surface area contributed by atoms with E-state index < -0.39 is 10.9 Å². The van der Waals surface area contributed by atoms with Crippen molar-refractivity contribution in [2.45, 2.75) is 0 Å². The lowest BCUT2D eigenvalue weighted by Gasteiger charge is -2.30. The number of anilines is 2. The molecule has 0 atom stereocenters. The molecule has 1 aliphatic rings. The van der Waals surface area contributed by atoms with Crippen molar-refractivity contribution < 1.29 is 19.2 Å². The summed E-state index contributed by atoms with van der Waals surface area (Å²) in [6.45, 7) is -0.148. The highest BCUT2D eigenvalue weighted by atomic mass is 16.6. The van der Waals surface area contributed by atoms with Gasteiger partial charge < -0.3 is 14.5 Å². The highest BCUT2D eigenvalue weighted by Gasteiger charge is 2.28. The number of carbonyl (C=O) groups is 2. The van der Waals surface area contributed by atoms with Gasteiger partial charge in [0.05, 0.1) is 23.2 Å². The van der Waals surface area contributed by atoms with Gasteiger partial charge in [-0.25, -0.2) is 4.79 Å². The van der Waals surface area contributed by atoms with Crippen LogP contribution in [-0.2, 0) is 9.59 Å². The summed E-state index contributed by atoms with van der Waals surface area (Å²) in [6.07, 6.45) is 0. The number of hydrogen-bond donors (Lipinski definition) is 0. The molecule has 0 N–H and O–H groups in total. The number of rotatable bonds is 4. The summed E-state index contributed by atoms with van der Waals surface area (Å²) in [6, 6.07) is 13.1. The number of benzene rings is 2. The van der Waals surface area contributed by atoms with Gasteiger partial charge in [0, 0.05) is 18.8 Å². The van der Waals surface area contributed by atoms with E-state index in [1.807, 2.05) is 18.2 Å². The Labute approximate surface area is 143 Å². The third-order valence-electron chi connectivity index (χ3n) is 3.88. The Kier molecular flexibility index (Phi) is 4.34. The summed E-state index contributed by atoms with van der Waals surface area (Å²) < 4.78 is 5.07. The van der Waals surface area contributed by atoms with Gasteiger partial charge in [0.15, 0.2) is 5.75 Å². The summed E-state index contributed by atoms with van der Waals surface area (Å²) in [5, 5.41) is 10.9. The van der Waals surface area contributed by atoms with Gasteiger partial charge in [0.2, 0.25) is 5.91 Å². The van der Waals surface area contributed by atoms with Crippen molar-refractivity contribution in [3.8, 4) is 5.75 Å². The molecule has 0 spiro atoms. The smallest absolute Gasteiger partial charge is 0.331 e. The van der Waals surface area contributed by atoms with Crippen molar-refractivity contribution in [1.29, 1.82) is 0 Å². The molecule has 0 saturated heterocycles. The second-order valence-electron chi connectivity index (χ2n) is 5.53. The summed E-state index contributed by atoms with van der Waals surface area (Å²) >= 11 is 0. The van der Waals surface area contributed by atoms with Crippen LogP contribution in [0.15, 0.2) is 48.5 Å². The van der Waals surface area contributed by atoms with Crippen molar-refractivity contribution in [2.75, 3.05) is 29.9 Å². The maximum absolute atomic E-state index is 12.5. The average molecular weight is 341 g/mol. The maximum atomic E-state index is 12.5. The van der Waals surface area contributed by atoms with Crippen molar-refractivity contribution in [2.24, 2.45) is 0 Å². The van der Waals surface area contributed by atoms with Crippen LogP contribution in [0, 0.1) is 10.1 Å². The molecule has 2 aromatic rings. The van der Waals surface area contributed by atoms with E-state index in [-0.39, 0.29) is 30.4 Å². The van der Waals surface area contributed by atoms with Gasteiger partial charge in [0.1, 0.15) is 6.54 Å². The first-order chi connectivity index (χ1) is 12.0. The molecule has 1 amide bonds. The second-order valence-corrected chi connectivity index (χ2v) is 5.53. The highest BCUT2D eigenvalue weighted by Crippen LogP contribution is 2.35. The van der Waals surface area contributed by atoms with E-state index >= 15 is 0 Å². The molecular weight excluding hydrogens is 326 g/mol. The zero-order chi connectivity index (χ0) is 18.0. The molecule has 2 aromatic carbocycles. The van der Waals surface area contributed by atoms with Crippen LogP contribution in [0.25, 0.3) is 0 Å². The van der Waals surface area contributed by atoms with Gasteiger partial charge >= 0.3 is 5.97 Å². The predicted molar refractivity (Wildman–Crippen MR) is 90.8 cm³/mol. The number of fused-ring (bicyclic) bond motifs is 1. The second kappa shape index (κ2) is 6.60. The van der Waals surface area contributed by atoms with Gasteiger partial charge in [-0.15, -0.1) is 0 Å². The van der Waals surface area contributed by atoms with E-state index in [4.69, 9.17) is 4.74 Å². The van der Waals surface area contributed by atoms with Crippen molar-refractivity contribution in [3.05, 3.63) is 58.6 Å². The predicted octanol–water partition coefficient (Wildman–Crippen LogP) is 1.98. The Hall–Kier alpha value is -3.42. The molecule has 1 heterocycles. The quantitative estimate of drug-likeness (QED) is 0.365. The minimum atomic E-state index is -0.568. The topological polar surface area (TPSA) is 93.0 Å². The van der Waals surface area contributed by atoms with Gasteiger partial charge in [0.25, 0.3) is 5.69 Å². The van der Waals surface area contributed by atoms with E-state index in [2.05, 4.69) is 0 Å². The summed E-state index contributed by atoms with van der Waals surface area (Å²) in [5.41, 5.74) is 1.03. The molecule has 3 rings (SSSR count). The van der Waals surface area contributed by atoms with E-state index in [0.717, 1.165) is 5.69 Å². The van der Waals surface area contributed by atoms with Gasteiger partial charge in [-0.3, -0.25) is 14.9 Å². The van der Waals surface area contributed by atoms with E-state index in [9.17, 15) is 19.7 Å². The van der Waals surface area contributed by atoms with Crippen LogP contribution in [0.2, 0.25) is 0 Å². The van der Waals surface area contributed by atoms with Crippen LogP contribution in [0.5, 0.6) is 5.75 Å². The van der Waals surface area contributed by atoms with Crippen LogP contribution >= 0.6 is 0 Å². The fourth-order valence-electron chi connectivity index (χ4n) is 2.56. The fraction of sp³-hybridized carbons (Fsp3) is 0.176. The van der Waals surface area contributed by atoms with Crippen molar-refractivity contribution in [1.82, 2.24) is 0 Å². The van der Waals surface area contributed by atoms with Crippen LogP contribution in [0.1, 0.15) is 0 Å². The zero-order valence-corrected chi connectivity index (χ0v) is 13.4. The molecule has 0 saturated carbocycles. The minimum Gasteiger partial charge on any atom is -0.423 e. The first-order valence-electron chi connectivity index (χ1n) is 7.51. The largest absolute Gasteiger partial charge is 0.423 e. The Morgan fingerprint density at radius 2 is 2.00 bits per heavy atom. The molecule has 0 bridgehead atoms. The molecule has 1 aliphatic heterocycles. The van der Waals surface area contributed by atoms with E-state index in [1.165, 1.54) is 23.1 Å². The van der Waals surface area contributed by atoms with E-state index in [0.29, 0.717) is 5.69 Å². The number of carbonyl (C=O) groups excluding carboxylic acids is 2. The highest BCUT2D eigenvalue weighted by molar-refractivity contribution is 5.97. The lowest BCUT2D eigenvalue weighted by atomic mass is 10.2. The molecule has 128 valence electrons. The third-order valence-corrected chi connectivity index (χ3v) is 3.88. The lowest BCUT2D eigenvalue weighted by molar-refractivity contribution is -0.384. The van der Waals surface area contributed by atoms with Gasteiger partial charge in [-0.1, -0.05) is 18.2 Å². The van der Waals surface area contributed by atoms with Gasteiger partial charge in [-0.05, 0) is 18.2 Å². The Morgan fingerprint density at radius 3 is 2.68 bits per heavy atom. The first-order valence-corrected chi connectivity index (χ1v) is 7.51. The monoisotopic (exact) mass is 341 g/mol. The number of amides is 1. The SMILES string of the molecule is CN(C(=O)CN1CC(=O)Oc2cc([N+](=O)[O-])ccc21)c1ccccc1. The van der Waals surface area contributed by atoms with E-state index in [1.54, 1.807) is 24.1 Å². The van der Waals surface area contributed by atoms with Crippen LogP contribution in [0.3, 0.4) is 0 Å². The Bertz CT molecular complexity index is 837. The third kappa shape index (κ3) is 3.42. The summed E-state index contributed by atoms with van der Waals surface area (Å²) in [4.78, 5) is 37.6. The number of esters is 1. The molecule has 0 aliphatic carbocycles. The van der Waals surface area contributed by atoms with Crippen molar-refractivity contribution >= 4 is 28.9 Å². The molecule has 8 heteroatoms. The number of para-hydroxylation sites is 1. The number of nitro groups is 1. The molecule has 8 nitrogen and oxygen atoms in total. The maximum Gasteiger partial charge on any atom is 0.331 e. The standard InChI is InChI=1S/C17H15N3O5/c1-18(12-5-3-2-4-6-12)16(21)10-19-11-17(22)25-15-9-13(20(23)24)7-8-14(15)19/h2-9H,10-11H2,1H3. The average Bonchev–Trinajstić information content (AvgIpc) is 2.61. The lowest BCUT2D eigenvalue weighted by Crippen LogP contribution is -2.44. The molecule has 0 radical (unpaired) electrons. The normalized spacial score (nSPS) is 13.0. The zero-order valence-electron chi connectivity index (χ0n) is 13.4. The van der Waals surface area contributed by atoms with Gasteiger partial charge in [-0.2, -0.15) is 0 Å². The molecule has 25 heavy (non-hydrogen) atoms. The van der Waals surface area contributed by atoms with Crippen LogP contribution in [0.4, 0.5) is 17.1 Å². The molecule has 0 unspecified atom stereocenters. The summed E-state index contributed by atoms with van der Waals surface area (Å²) in [7, 11) is 1.65. The minimum absolute atomic E-state index is 0.0503. The molecular formula is C17H15N3O5. The first kappa shape index (κ1) is 16.4. The number of nitrogens with zero attached hydrogens (tertiary/aromatic N) is 3. The number of likely N-dealkylation sites (N-methyl/N-ethyl adjacent to an activating group) is 1. The van der Waals surface area contributed by atoms with Crippen LogP contribution < -0.4 is 14.5 Å². The Morgan fingerprint density at radius 1 is 1.28 bits per heavy atom. The number of ether oxygens (including phenoxy) is 1.